The van der Waals surface area contributed by atoms with Gasteiger partial charge in [-0.15, -0.1) is 0 Å². The molecule has 0 heterocycles. The van der Waals surface area contributed by atoms with Gasteiger partial charge in [0, 0.05) is 6.04 Å². The van der Waals surface area contributed by atoms with Gasteiger partial charge in [0.2, 0.25) is 0 Å². The maximum atomic E-state index is 13.4. The molecule has 0 aliphatic rings. The Balaban J connectivity index is 2.87. The van der Waals surface area contributed by atoms with Crippen molar-refractivity contribution in [3.8, 4) is 0 Å². The molecule has 1 aromatic rings. The number of benzene rings is 1. The van der Waals surface area contributed by atoms with E-state index in [-0.39, 0.29) is 12.0 Å². The molecule has 0 aliphatic carbocycles. The average Bonchev–Trinajstić information content (AvgIpc) is 2.28. The fourth-order valence-corrected chi connectivity index (χ4v) is 1.71. The summed E-state index contributed by atoms with van der Waals surface area (Å²) in [5.74, 6) is -2.31. The lowest BCUT2D eigenvalue weighted by atomic mass is 10.0. The summed E-state index contributed by atoms with van der Waals surface area (Å²) in [4.78, 5) is 11.8. The molecule has 5 heteroatoms. The van der Waals surface area contributed by atoms with Crippen LogP contribution in [0.5, 0.6) is 0 Å². The van der Waals surface area contributed by atoms with E-state index in [0.717, 1.165) is 12.1 Å². The number of halogens is 2. The standard InChI is InChI=1S/C13H18F2N2O/c1-8(2)11(6-7-16)17-13(18)12-9(14)4-3-5-10(12)15/h3-5,8,11H,6-7,16H2,1-2H3,(H,17,18). The molecule has 3 nitrogen and oxygen atoms in total. The molecule has 1 rings (SSSR count). The third-order valence-electron chi connectivity index (χ3n) is 2.79. The Morgan fingerprint density at radius 2 is 1.89 bits per heavy atom. The molecule has 100 valence electrons. The number of amides is 1. The second-order valence-corrected chi connectivity index (χ2v) is 4.50. The fourth-order valence-electron chi connectivity index (χ4n) is 1.71. The predicted molar refractivity (Wildman–Crippen MR) is 66.1 cm³/mol. The lowest BCUT2D eigenvalue weighted by Gasteiger charge is -2.22. The highest BCUT2D eigenvalue weighted by Crippen LogP contribution is 2.13. The molecule has 0 aliphatic heterocycles. The average molecular weight is 256 g/mol. The van der Waals surface area contributed by atoms with E-state index in [4.69, 9.17) is 5.73 Å². The molecule has 0 saturated carbocycles. The van der Waals surface area contributed by atoms with Crippen molar-refractivity contribution in [1.29, 1.82) is 0 Å². The van der Waals surface area contributed by atoms with E-state index < -0.39 is 23.1 Å². The van der Waals surface area contributed by atoms with E-state index in [1.807, 2.05) is 13.8 Å². The zero-order valence-electron chi connectivity index (χ0n) is 10.5. The first-order chi connectivity index (χ1) is 8.47. The summed E-state index contributed by atoms with van der Waals surface area (Å²) in [5.41, 5.74) is 4.90. The Hall–Kier alpha value is -1.49. The Bertz CT molecular complexity index is 401. The first-order valence-corrected chi connectivity index (χ1v) is 5.92. The second-order valence-electron chi connectivity index (χ2n) is 4.50. The summed E-state index contributed by atoms with van der Waals surface area (Å²) >= 11 is 0. The van der Waals surface area contributed by atoms with Crippen LogP contribution in [-0.2, 0) is 0 Å². The minimum absolute atomic E-state index is 0.146. The summed E-state index contributed by atoms with van der Waals surface area (Å²) < 4.78 is 26.8. The Morgan fingerprint density at radius 3 is 2.33 bits per heavy atom. The summed E-state index contributed by atoms with van der Waals surface area (Å²) in [6, 6.07) is 3.15. The maximum Gasteiger partial charge on any atom is 0.257 e. The van der Waals surface area contributed by atoms with Crippen LogP contribution < -0.4 is 11.1 Å². The predicted octanol–water partition coefficient (Wildman–Crippen LogP) is 2.07. The topological polar surface area (TPSA) is 55.1 Å². The van der Waals surface area contributed by atoms with Gasteiger partial charge in [0.15, 0.2) is 0 Å². The van der Waals surface area contributed by atoms with Crippen LogP contribution in [0.1, 0.15) is 30.6 Å². The van der Waals surface area contributed by atoms with E-state index in [1.54, 1.807) is 0 Å². The van der Waals surface area contributed by atoms with Crippen molar-refractivity contribution in [2.24, 2.45) is 11.7 Å². The highest BCUT2D eigenvalue weighted by molar-refractivity contribution is 5.94. The fraction of sp³-hybridized carbons (Fsp3) is 0.462. The molecule has 3 N–H and O–H groups in total. The maximum absolute atomic E-state index is 13.4. The van der Waals surface area contributed by atoms with Gasteiger partial charge in [-0.05, 0) is 31.0 Å². The molecule has 18 heavy (non-hydrogen) atoms. The number of rotatable bonds is 5. The largest absolute Gasteiger partial charge is 0.349 e. The lowest BCUT2D eigenvalue weighted by molar-refractivity contribution is 0.0915. The van der Waals surface area contributed by atoms with Crippen LogP contribution in [0.25, 0.3) is 0 Å². The molecular formula is C13H18F2N2O. The monoisotopic (exact) mass is 256 g/mol. The number of hydrogen-bond donors (Lipinski definition) is 2. The van der Waals surface area contributed by atoms with Crippen LogP contribution in [0.2, 0.25) is 0 Å². The summed E-state index contributed by atoms with van der Waals surface area (Å²) in [6.07, 6.45) is 0.569. The van der Waals surface area contributed by atoms with Gasteiger partial charge in [-0.1, -0.05) is 19.9 Å². The smallest absolute Gasteiger partial charge is 0.257 e. The van der Waals surface area contributed by atoms with E-state index in [2.05, 4.69) is 5.32 Å². The van der Waals surface area contributed by atoms with Crippen molar-refractivity contribution in [2.45, 2.75) is 26.3 Å². The van der Waals surface area contributed by atoms with Crippen molar-refractivity contribution >= 4 is 5.91 Å². The number of hydrogen-bond acceptors (Lipinski definition) is 2. The van der Waals surface area contributed by atoms with Crippen molar-refractivity contribution < 1.29 is 13.6 Å². The first-order valence-electron chi connectivity index (χ1n) is 5.92. The van der Waals surface area contributed by atoms with Gasteiger partial charge in [-0.3, -0.25) is 4.79 Å². The van der Waals surface area contributed by atoms with Crippen molar-refractivity contribution in [3.63, 3.8) is 0 Å². The lowest BCUT2D eigenvalue weighted by Crippen LogP contribution is -2.40. The molecule has 0 fully saturated rings. The molecule has 0 aromatic heterocycles. The van der Waals surface area contributed by atoms with Gasteiger partial charge < -0.3 is 11.1 Å². The molecule has 0 spiro atoms. The highest BCUT2D eigenvalue weighted by atomic mass is 19.1. The zero-order chi connectivity index (χ0) is 13.7. The van der Waals surface area contributed by atoms with Crippen LogP contribution in [0.4, 0.5) is 8.78 Å². The molecule has 0 bridgehead atoms. The van der Waals surface area contributed by atoms with Gasteiger partial charge >= 0.3 is 0 Å². The van der Waals surface area contributed by atoms with Crippen LogP contribution in [0.3, 0.4) is 0 Å². The van der Waals surface area contributed by atoms with Gasteiger partial charge in [-0.25, -0.2) is 8.78 Å². The minimum Gasteiger partial charge on any atom is -0.349 e. The molecule has 1 amide bonds. The van der Waals surface area contributed by atoms with Crippen LogP contribution in [0.15, 0.2) is 18.2 Å². The first kappa shape index (κ1) is 14.6. The Labute approximate surface area is 105 Å². The third kappa shape index (κ3) is 3.50. The summed E-state index contributed by atoms with van der Waals surface area (Å²) in [7, 11) is 0. The van der Waals surface area contributed by atoms with Gasteiger partial charge in [0.05, 0.1) is 0 Å². The van der Waals surface area contributed by atoms with E-state index in [1.165, 1.54) is 6.07 Å². The zero-order valence-corrected chi connectivity index (χ0v) is 10.5. The minimum atomic E-state index is -0.859. The molecule has 1 aromatic carbocycles. The Morgan fingerprint density at radius 1 is 1.33 bits per heavy atom. The van der Waals surface area contributed by atoms with E-state index >= 15 is 0 Å². The number of carbonyl (C=O) groups excluding carboxylic acids is 1. The Kier molecular flexibility index (Phi) is 5.22. The highest BCUT2D eigenvalue weighted by Gasteiger charge is 2.21. The quantitative estimate of drug-likeness (QED) is 0.847. The second kappa shape index (κ2) is 6.44. The van der Waals surface area contributed by atoms with E-state index in [9.17, 15) is 13.6 Å². The third-order valence-corrected chi connectivity index (χ3v) is 2.79. The summed E-state index contributed by atoms with van der Waals surface area (Å²) in [5, 5.41) is 2.62. The van der Waals surface area contributed by atoms with Gasteiger partial charge in [0.1, 0.15) is 17.2 Å². The molecule has 0 saturated heterocycles. The van der Waals surface area contributed by atoms with Gasteiger partial charge in [0.25, 0.3) is 5.91 Å². The number of carbonyl (C=O) groups is 1. The molecule has 1 unspecified atom stereocenters. The van der Waals surface area contributed by atoms with Crippen LogP contribution in [-0.4, -0.2) is 18.5 Å². The van der Waals surface area contributed by atoms with Crippen molar-refractivity contribution in [1.82, 2.24) is 5.32 Å². The SMILES string of the molecule is CC(C)C(CCN)NC(=O)c1c(F)cccc1F. The normalized spacial score (nSPS) is 12.6. The van der Waals surface area contributed by atoms with Crippen molar-refractivity contribution in [3.05, 3.63) is 35.4 Å². The molecular weight excluding hydrogens is 238 g/mol. The van der Waals surface area contributed by atoms with E-state index in [0.29, 0.717) is 13.0 Å². The van der Waals surface area contributed by atoms with Gasteiger partial charge in [-0.2, -0.15) is 0 Å². The number of nitrogens with two attached hydrogens (primary N) is 1. The number of nitrogens with one attached hydrogen (secondary N) is 1. The van der Waals surface area contributed by atoms with Crippen molar-refractivity contribution in [2.75, 3.05) is 6.54 Å². The van der Waals surface area contributed by atoms with Crippen LogP contribution >= 0.6 is 0 Å². The van der Waals surface area contributed by atoms with Crippen LogP contribution in [0, 0.1) is 17.6 Å². The molecule has 0 radical (unpaired) electrons. The molecule has 1 atom stereocenters. The summed E-state index contributed by atoms with van der Waals surface area (Å²) in [6.45, 7) is 4.24.